The van der Waals surface area contributed by atoms with Gasteiger partial charge in [0.2, 0.25) is 0 Å². The molecule has 0 aromatic heterocycles. The predicted octanol–water partition coefficient (Wildman–Crippen LogP) is 3.81. The lowest BCUT2D eigenvalue weighted by Crippen LogP contribution is -2.17. The van der Waals surface area contributed by atoms with E-state index < -0.39 is 5.97 Å². The van der Waals surface area contributed by atoms with Crippen LogP contribution >= 0.6 is 11.6 Å². The molecule has 104 valence electrons. The van der Waals surface area contributed by atoms with Crippen molar-refractivity contribution >= 4 is 23.3 Å². The van der Waals surface area contributed by atoms with Crippen LogP contribution in [0, 0.1) is 5.82 Å². The average molecular weight is 294 g/mol. The van der Waals surface area contributed by atoms with Gasteiger partial charge in [0.05, 0.1) is 16.3 Å². The van der Waals surface area contributed by atoms with E-state index >= 15 is 0 Å². The molecule has 0 spiro atoms. The number of carboxylic acids is 1. The summed E-state index contributed by atoms with van der Waals surface area (Å²) in [5.41, 5.74) is 1.64. The van der Waals surface area contributed by atoms with Crippen molar-refractivity contribution in [1.82, 2.24) is 0 Å². The number of aromatic carboxylic acids is 1. The molecule has 20 heavy (non-hydrogen) atoms. The highest BCUT2D eigenvalue weighted by atomic mass is 35.5. The zero-order valence-electron chi connectivity index (χ0n) is 10.8. The molecule has 1 N–H and O–H groups in total. The monoisotopic (exact) mass is 293 g/mol. The molecule has 2 rings (SSSR count). The van der Waals surface area contributed by atoms with Crippen molar-refractivity contribution in [3.63, 3.8) is 0 Å². The third kappa shape index (κ3) is 3.27. The molecule has 2 aromatic carbocycles. The number of anilines is 1. The van der Waals surface area contributed by atoms with Crippen LogP contribution < -0.4 is 4.90 Å². The zero-order chi connectivity index (χ0) is 14.7. The van der Waals surface area contributed by atoms with Crippen LogP contribution in [-0.4, -0.2) is 18.1 Å². The minimum atomic E-state index is -1.02. The van der Waals surface area contributed by atoms with Crippen LogP contribution in [0.1, 0.15) is 15.9 Å². The second-order valence-corrected chi connectivity index (χ2v) is 4.86. The van der Waals surface area contributed by atoms with Crippen LogP contribution in [0.25, 0.3) is 0 Å². The van der Waals surface area contributed by atoms with Gasteiger partial charge in [-0.25, -0.2) is 9.18 Å². The molecule has 0 aliphatic carbocycles. The van der Waals surface area contributed by atoms with Crippen molar-refractivity contribution in [2.75, 3.05) is 11.9 Å². The van der Waals surface area contributed by atoms with Gasteiger partial charge in [-0.2, -0.15) is 0 Å². The maximum absolute atomic E-state index is 13.1. The number of hydrogen-bond acceptors (Lipinski definition) is 2. The summed E-state index contributed by atoms with van der Waals surface area (Å²) in [5.74, 6) is -1.31. The van der Waals surface area contributed by atoms with Crippen LogP contribution in [0.15, 0.2) is 42.5 Å². The van der Waals surface area contributed by atoms with Gasteiger partial charge in [0.1, 0.15) is 5.82 Å². The van der Waals surface area contributed by atoms with Gasteiger partial charge in [0, 0.05) is 13.6 Å². The topological polar surface area (TPSA) is 40.5 Å². The van der Waals surface area contributed by atoms with Gasteiger partial charge < -0.3 is 10.0 Å². The van der Waals surface area contributed by atoms with Crippen LogP contribution in [0.4, 0.5) is 10.1 Å². The molecule has 0 aliphatic heterocycles. The van der Waals surface area contributed by atoms with Gasteiger partial charge in [0.15, 0.2) is 0 Å². The van der Waals surface area contributed by atoms with Gasteiger partial charge in [-0.05, 0) is 35.9 Å². The standard InChI is InChI=1S/C15H13ClFNO2/c1-18(9-10-3-2-4-12(17)7-10)14-6-5-11(15(19)20)8-13(14)16/h2-8H,9H2,1H3,(H,19,20). The first kappa shape index (κ1) is 14.3. The van der Waals surface area contributed by atoms with E-state index in [1.165, 1.54) is 24.3 Å². The van der Waals surface area contributed by atoms with Crippen LogP contribution in [0.3, 0.4) is 0 Å². The van der Waals surface area contributed by atoms with Crippen molar-refractivity contribution in [3.8, 4) is 0 Å². The van der Waals surface area contributed by atoms with Gasteiger partial charge in [-0.15, -0.1) is 0 Å². The molecular weight excluding hydrogens is 281 g/mol. The number of rotatable bonds is 4. The summed E-state index contributed by atoms with van der Waals surface area (Å²) in [6, 6.07) is 10.8. The molecule has 0 fully saturated rings. The maximum Gasteiger partial charge on any atom is 0.335 e. The second kappa shape index (κ2) is 5.92. The number of carbonyl (C=O) groups is 1. The summed E-state index contributed by atoms with van der Waals surface area (Å²) >= 11 is 6.09. The summed E-state index contributed by atoms with van der Waals surface area (Å²) in [6.45, 7) is 0.476. The van der Waals surface area contributed by atoms with Crippen LogP contribution in [-0.2, 0) is 6.54 Å². The van der Waals surface area contributed by atoms with E-state index in [1.54, 1.807) is 12.1 Å². The Morgan fingerprint density at radius 1 is 1.30 bits per heavy atom. The van der Waals surface area contributed by atoms with E-state index in [0.29, 0.717) is 17.3 Å². The number of benzene rings is 2. The Labute approximate surface area is 121 Å². The Morgan fingerprint density at radius 3 is 2.65 bits per heavy atom. The summed E-state index contributed by atoms with van der Waals surface area (Å²) in [7, 11) is 1.81. The molecule has 0 radical (unpaired) electrons. The van der Waals surface area contributed by atoms with Crippen molar-refractivity contribution in [1.29, 1.82) is 0 Å². The van der Waals surface area contributed by atoms with Crippen LogP contribution in [0.2, 0.25) is 5.02 Å². The van der Waals surface area contributed by atoms with E-state index in [-0.39, 0.29) is 11.4 Å². The van der Waals surface area contributed by atoms with Gasteiger partial charge in [0.25, 0.3) is 0 Å². The fraction of sp³-hybridized carbons (Fsp3) is 0.133. The Kier molecular flexibility index (Phi) is 4.25. The highest BCUT2D eigenvalue weighted by Crippen LogP contribution is 2.27. The molecule has 0 bridgehead atoms. The summed E-state index contributed by atoms with van der Waals surface area (Å²) in [5, 5.41) is 9.24. The second-order valence-electron chi connectivity index (χ2n) is 4.46. The number of carboxylic acid groups (broad SMARTS) is 1. The summed E-state index contributed by atoms with van der Waals surface area (Å²) in [6.07, 6.45) is 0. The Bertz CT molecular complexity index is 646. The van der Waals surface area contributed by atoms with Crippen molar-refractivity contribution in [2.24, 2.45) is 0 Å². The first-order valence-electron chi connectivity index (χ1n) is 5.96. The van der Waals surface area contributed by atoms with E-state index in [1.807, 2.05) is 18.0 Å². The third-order valence-corrected chi connectivity index (χ3v) is 3.22. The molecule has 5 heteroatoms. The van der Waals surface area contributed by atoms with Crippen LogP contribution in [0.5, 0.6) is 0 Å². The molecule has 0 heterocycles. The minimum Gasteiger partial charge on any atom is -0.478 e. The van der Waals surface area contributed by atoms with Gasteiger partial charge >= 0.3 is 5.97 Å². The quantitative estimate of drug-likeness (QED) is 0.932. The Hall–Kier alpha value is -2.07. The minimum absolute atomic E-state index is 0.137. The molecule has 2 aromatic rings. The van der Waals surface area contributed by atoms with E-state index in [9.17, 15) is 9.18 Å². The molecule has 0 unspecified atom stereocenters. The highest BCUT2D eigenvalue weighted by molar-refractivity contribution is 6.33. The number of hydrogen-bond donors (Lipinski definition) is 1. The summed E-state index contributed by atoms with van der Waals surface area (Å²) in [4.78, 5) is 12.7. The smallest absolute Gasteiger partial charge is 0.335 e. The highest BCUT2D eigenvalue weighted by Gasteiger charge is 2.10. The maximum atomic E-state index is 13.1. The molecule has 0 aliphatic rings. The predicted molar refractivity (Wildman–Crippen MR) is 76.9 cm³/mol. The lowest BCUT2D eigenvalue weighted by atomic mass is 10.1. The molecule has 0 atom stereocenters. The van der Waals surface area contributed by atoms with E-state index in [2.05, 4.69) is 0 Å². The third-order valence-electron chi connectivity index (χ3n) is 2.91. The van der Waals surface area contributed by atoms with E-state index in [4.69, 9.17) is 16.7 Å². The fourth-order valence-electron chi connectivity index (χ4n) is 1.94. The largest absolute Gasteiger partial charge is 0.478 e. The number of nitrogens with zero attached hydrogens (tertiary/aromatic N) is 1. The summed E-state index contributed by atoms with van der Waals surface area (Å²) < 4.78 is 13.1. The zero-order valence-corrected chi connectivity index (χ0v) is 11.6. The Morgan fingerprint density at radius 2 is 2.05 bits per heavy atom. The SMILES string of the molecule is CN(Cc1cccc(F)c1)c1ccc(C(=O)O)cc1Cl. The first-order chi connectivity index (χ1) is 9.47. The normalized spacial score (nSPS) is 10.3. The van der Waals surface area contributed by atoms with Gasteiger partial charge in [-0.1, -0.05) is 23.7 Å². The first-order valence-corrected chi connectivity index (χ1v) is 6.33. The molecule has 0 saturated heterocycles. The molecule has 0 saturated carbocycles. The number of halogens is 2. The van der Waals surface area contributed by atoms with Gasteiger partial charge in [-0.3, -0.25) is 0 Å². The van der Waals surface area contributed by atoms with Crippen molar-refractivity contribution in [3.05, 3.63) is 64.4 Å². The lowest BCUT2D eigenvalue weighted by Gasteiger charge is -2.21. The van der Waals surface area contributed by atoms with E-state index in [0.717, 1.165) is 5.56 Å². The Balaban J connectivity index is 2.21. The van der Waals surface area contributed by atoms with Crippen molar-refractivity contribution < 1.29 is 14.3 Å². The molecule has 3 nitrogen and oxygen atoms in total. The van der Waals surface area contributed by atoms with Crippen molar-refractivity contribution in [2.45, 2.75) is 6.54 Å². The lowest BCUT2D eigenvalue weighted by molar-refractivity contribution is 0.0697. The average Bonchev–Trinajstić information content (AvgIpc) is 2.38. The fourth-order valence-corrected chi connectivity index (χ4v) is 2.27. The molecular formula is C15H13ClFNO2. The molecule has 0 amide bonds.